The van der Waals surface area contributed by atoms with Crippen molar-refractivity contribution in [3.63, 3.8) is 0 Å². The van der Waals surface area contributed by atoms with Gasteiger partial charge >= 0.3 is 6.18 Å². The minimum atomic E-state index is -4.39. The Kier molecular flexibility index (Phi) is 4.96. The van der Waals surface area contributed by atoms with Crippen molar-refractivity contribution in [2.45, 2.75) is 63.3 Å². The molecule has 2 saturated carbocycles. The molecule has 0 atom stereocenters. The molecular formula is C17H21F3N2O2. The SMILES string of the molecule is O=C(NC1CCC(Oc2ccc(C(F)(F)F)cn2)CC1)C1CCC1. The van der Waals surface area contributed by atoms with Gasteiger partial charge in [0.25, 0.3) is 0 Å². The fourth-order valence-electron chi connectivity index (χ4n) is 3.10. The summed E-state index contributed by atoms with van der Waals surface area (Å²) in [5.74, 6) is 0.565. The number of rotatable bonds is 4. The van der Waals surface area contributed by atoms with Crippen molar-refractivity contribution in [3.8, 4) is 5.88 Å². The molecule has 1 amide bonds. The van der Waals surface area contributed by atoms with Crippen molar-refractivity contribution < 1.29 is 22.7 Å². The van der Waals surface area contributed by atoms with Crippen LogP contribution < -0.4 is 10.1 Å². The summed E-state index contributed by atoms with van der Waals surface area (Å²) in [5, 5.41) is 3.09. The van der Waals surface area contributed by atoms with Gasteiger partial charge in [0.05, 0.1) is 5.56 Å². The monoisotopic (exact) mass is 342 g/mol. The predicted octanol–water partition coefficient (Wildman–Crippen LogP) is 3.71. The molecule has 0 aromatic carbocycles. The van der Waals surface area contributed by atoms with E-state index in [1.165, 1.54) is 6.07 Å². The number of hydrogen-bond donors (Lipinski definition) is 1. The Bertz CT molecular complexity index is 562. The van der Waals surface area contributed by atoms with E-state index in [1.54, 1.807) is 0 Å². The predicted molar refractivity (Wildman–Crippen MR) is 81.4 cm³/mol. The lowest BCUT2D eigenvalue weighted by molar-refractivity contribution is -0.137. The van der Waals surface area contributed by atoms with Crippen LogP contribution >= 0.6 is 0 Å². The Morgan fingerprint density at radius 1 is 1.12 bits per heavy atom. The van der Waals surface area contributed by atoms with Crippen LogP contribution in [0.4, 0.5) is 13.2 Å². The van der Waals surface area contributed by atoms with Crippen molar-refractivity contribution in [1.82, 2.24) is 10.3 Å². The van der Waals surface area contributed by atoms with Gasteiger partial charge in [-0.1, -0.05) is 6.42 Å². The molecule has 132 valence electrons. The van der Waals surface area contributed by atoms with E-state index in [0.717, 1.165) is 57.2 Å². The van der Waals surface area contributed by atoms with Crippen LogP contribution in [0.25, 0.3) is 0 Å². The fourth-order valence-corrected chi connectivity index (χ4v) is 3.10. The largest absolute Gasteiger partial charge is 0.474 e. The molecule has 0 aliphatic heterocycles. The second-order valence-corrected chi connectivity index (χ2v) is 6.61. The first-order chi connectivity index (χ1) is 11.4. The second-order valence-electron chi connectivity index (χ2n) is 6.61. The number of aromatic nitrogens is 1. The minimum absolute atomic E-state index is 0.0638. The zero-order valence-corrected chi connectivity index (χ0v) is 13.3. The molecule has 2 aliphatic rings. The van der Waals surface area contributed by atoms with E-state index in [0.29, 0.717) is 0 Å². The Hall–Kier alpha value is -1.79. The molecule has 2 fully saturated rings. The third kappa shape index (κ3) is 4.19. The third-order valence-electron chi connectivity index (χ3n) is 4.85. The summed E-state index contributed by atoms with van der Waals surface area (Å²) in [4.78, 5) is 15.7. The van der Waals surface area contributed by atoms with Gasteiger partial charge in [0, 0.05) is 24.2 Å². The number of pyridine rings is 1. The standard InChI is InChI=1S/C17H21F3N2O2/c18-17(19,20)12-4-9-15(21-10-12)24-14-7-5-13(6-8-14)22-16(23)11-2-1-3-11/h4,9-11,13-14H,1-3,5-8H2,(H,22,23). The van der Waals surface area contributed by atoms with Gasteiger partial charge in [-0.05, 0) is 44.6 Å². The second kappa shape index (κ2) is 6.99. The molecule has 0 unspecified atom stereocenters. The number of carbonyl (C=O) groups excluding carboxylic acids is 1. The summed E-state index contributed by atoms with van der Waals surface area (Å²) in [6, 6.07) is 2.42. The summed E-state index contributed by atoms with van der Waals surface area (Å²) in [7, 11) is 0. The Labute approximate surface area is 138 Å². The Balaban J connectivity index is 1.44. The summed E-state index contributed by atoms with van der Waals surface area (Å²) >= 11 is 0. The number of alkyl halides is 3. The van der Waals surface area contributed by atoms with Crippen LogP contribution in [0.3, 0.4) is 0 Å². The van der Waals surface area contributed by atoms with E-state index in [4.69, 9.17) is 4.74 Å². The van der Waals surface area contributed by atoms with Gasteiger partial charge < -0.3 is 10.1 Å². The van der Waals surface area contributed by atoms with Crippen molar-refractivity contribution in [2.75, 3.05) is 0 Å². The lowest BCUT2D eigenvalue weighted by Gasteiger charge is -2.32. The van der Waals surface area contributed by atoms with Gasteiger partial charge in [0.15, 0.2) is 0 Å². The van der Waals surface area contributed by atoms with Gasteiger partial charge in [0.1, 0.15) is 6.10 Å². The number of hydrogen-bond acceptors (Lipinski definition) is 3. The normalized spacial score (nSPS) is 25.0. The zero-order valence-electron chi connectivity index (χ0n) is 13.3. The Morgan fingerprint density at radius 3 is 2.33 bits per heavy atom. The number of carbonyl (C=O) groups is 1. The quantitative estimate of drug-likeness (QED) is 0.908. The molecular weight excluding hydrogens is 321 g/mol. The van der Waals surface area contributed by atoms with Gasteiger partial charge in [-0.25, -0.2) is 4.98 Å². The van der Waals surface area contributed by atoms with E-state index in [-0.39, 0.29) is 29.9 Å². The number of nitrogens with zero attached hydrogens (tertiary/aromatic N) is 1. The number of amides is 1. The molecule has 7 heteroatoms. The molecule has 0 bridgehead atoms. The molecule has 0 saturated heterocycles. The van der Waals surface area contributed by atoms with E-state index < -0.39 is 11.7 Å². The average molecular weight is 342 g/mol. The van der Waals surface area contributed by atoms with Crippen molar-refractivity contribution in [2.24, 2.45) is 5.92 Å². The smallest absolute Gasteiger partial charge is 0.417 e. The minimum Gasteiger partial charge on any atom is -0.474 e. The maximum absolute atomic E-state index is 12.5. The fraction of sp³-hybridized carbons (Fsp3) is 0.647. The first kappa shape index (κ1) is 17.0. The van der Waals surface area contributed by atoms with Crippen LogP contribution in [0.5, 0.6) is 5.88 Å². The molecule has 24 heavy (non-hydrogen) atoms. The van der Waals surface area contributed by atoms with E-state index in [9.17, 15) is 18.0 Å². The summed E-state index contributed by atoms with van der Waals surface area (Å²) in [6.45, 7) is 0. The van der Waals surface area contributed by atoms with Crippen LogP contribution in [0.15, 0.2) is 18.3 Å². The van der Waals surface area contributed by atoms with Crippen LogP contribution in [0, 0.1) is 5.92 Å². The highest BCUT2D eigenvalue weighted by Gasteiger charge is 2.31. The highest BCUT2D eigenvalue weighted by molar-refractivity contribution is 5.79. The molecule has 1 N–H and O–H groups in total. The van der Waals surface area contributed by atoms with Gasteiger partial charge in [0.2, 0.25) is 11.8 Å². The maximum Gasteiger partial charge on any atom is 0.417 e. The molecule has 1 heterocycles. The third-order valence-corrected chi connectivity index (χ3v) is 4.85. The van der Waals surface area contributed by atoms with Crippen molar-refractivity contribution in [1.29, 1.82) is 0 Å². The lowest BCUT2D eigenvalue weighted by atomic mass is 9.84. The van der Waals surface area contributed by atoms with Gasteiger partial charge in [-0.3, -0.25) is 4.79 Å². The average Bonchev–Trinajstić information content (AvgIpc) is 2.47. The summed E-state index contributed by atoms with van der Waals surface area (Å²) in [5.41, 5.74) is -0.780. The van der Waals surface area contributed by atoms with Crippen LogP contribution in [0.1, 0.15) is 50.5 Å². The number of ether oxygens (including phenoxy) is 1. The highest BCUT2D eigenvalue weighted by atomic mass is 19.4. The topological polar surface area (TPSA) is 51.2 Å². The molecule has 3 rings (SSSR count). The first-order valence-corrected chi connectivity index (χ1v) is 8.42. The molecule has 2 aliphatic carbocycles. The lowest BCUT2D eigenvalue weighted by Crippen LogP contribution is -2.43. The maximum atomic E-state index is 12.5. The molecule has 1 aromatic heterocycles. The van der Waals surface area contributed by atoms with Gasteiger partial charge in [-0.2, -0.15) is 13.2 Å². The Morgan fingerprint density at radius 2 is 1.83 bits per heavy atom. The first-order valence-electron chi connectivity index (χ1n) is 8.42. The number of nitrogens with one attached hydrogen (secondary N) is 1. The zero-order chi connectivity index (χ0) is 17.2. The molecule has 1 aromatic rings. The summed E-state index contributed by atoms with van der Waals surface area (Å²) < 4.78 is 43.2. The van der Waals surface area contributed by atoms with Crippen molar-refractivity contribution in [3.05, 3.63) is 23.9 Å². The molecule has 0 radical (unpaired) electrons. The highest BCUT2D eigenvalue weighted by Crippen LogP contribution is 2.30. The molecule has 4 nitrogen and oxygen atoms in total. The van der Waals surface area contributed by atoms with Crippen LogP contribution in [0.2, 0.25) is 0 Å². The van der Waals surface area contributed by atoms with Gasteiger partial charge in [-0.15, -0.1) is 0 Å². The van der Waals surface area contributed by atoms with E-state index >= 15 is 0 Å². The van der Waals surface area contributed by atoms with Crippen molar-refractivity contribution >= 4 is 5.91 Å². The van der Waals surface area contributed by atoms with E-state index in [2.05, 4.69) is 10.3 Å². The van der Waals surface area contributed by atoms with Crippen LogP contribution in [-0.2, 0) is 11.0 Å². The van der Waals surface area contributed by atoms with E-state index in [1.807, 2.05) is 0 Å². The van der Waals surface area contributed by atoms with Crippen LogP contribution in [-0.4, -0.2) is 23.0 Å². The summed E-state index contributed by atoms with van der Waals surface area (Å²) in [6.07, 6.45) is 2.63. The molecule has 0 spiro atoms. The number of halogens is 3.